The van der Waals surface area contributed by atoms with Crippen molar-refractivity contribution in [3.8, 4) is 0 Å². The first kappa shape index (κ1) is 19.9. The van der Waals surface area contributed by atoms with E-state index in [0.717, 1.165) is 32.3 Å². The molecule has 1 rings (SSSR count). The summed E-state index contributed by atoms with van der Waals surface area (Å²) in [4.78, 5) is 25.2. The molecule has 134 valence electrons. The second-order valence-corrected chi connectivity index (χ2v) is 6.40. The molecule has 0 radical (unpaired) electrons. The Balaban J connectivity index is 1.94. The summed E-state index contributed by atoms with van der Waals surface area (Å²) in [5.41, 5.74) is 0. The monoisotopic (exact) mass is 326 g/mol. The van der Waals surface area contributed by atoms with E-state index in [1.807, 2.05) is 0 Å². The van der Waals surface area contributed by atoms with Crippen molar-refractivity contribution >= 4 is 11.8 Å². The molecule has 1 N–H and O–H groups in total. The molecular weight excluding hydrogens is 292 g/mol. The minimum absolute atomic E-state index is 0.00933. The molecule has 0 aromatic carbocycles. The lowest BCUT2D eigenvalue weighted by Gasteiger charge is -2.22. The van der Waals surface area contributed by atoms with Gasteiger partial charge < -0.3 is 15.0 Å². The average Bonchev–Trinajstić information content (AvgIpc) is 3.02. The van der Waals surface area contributed by atoms with Crippen LogP contribution in [0, 0.1) is 0 Å². The molecule has 0 aromatic rings. The zero-order chi connectivity index (χ0) is 16.9. The number of nitrogens with zero attached hydrogens (tertiary/aromatic N) is 1. The number of hydrogen-bond acceptors (Lipinski definition) is 3. The van der Waals surface area contributed by atoms with Crippen molar-refractivity contribution in [2.24, 2.45) is 0 Å². The predicted molar refractivity (Wildman–Crippen MR) is 92.2 cm³/mol. The number of ether oxygens (including phenoxy) is 1. The highest BCUT2D eigenvalue weighted by Crippen LogP contribution is 2.17. The minimum atomic E-state index is -0.267. The number of rotatable bonds is 12. The number of likely N-dealkylation sites (tertiary alicyclic amines) is 1. The van der Waals surface area contributed by atoms with Crippen LogP contribution in [0.5, 0.6) is 0 Å². The molecule has 1 unspecified atom stereocenters. The molecule has 5 heteroatoms. The SMILES string of the molecule is CCCCCCCCOCCCNC(=O)C1CCCN1C(C)=O. The number of carbonyl (C=O) groups is 2. The lowest BCUT2D eigenvalue weighted by atomic mass is 10.1. The van der Waals surface area contributed by atoms with Crippen LogP contribution < -0.4 is 5.32 Å². The van der Waals surface area contributed by atoms with Crippen LogP contribution in [0.15, 0.2) is 0 Å². The topological polar surface area (TPSA) is 58.6 Å². The lowest BCUT2D eigenvalue weighted by molar-refractivity contribution is -0.136. The Morgan fingerprint density at radius 1 is 1.09 bits per heavy atom. The third-order valence-electron chi connectivity index (χ3n) is 4.37. The van der Waals surface area contributed by atoms with Crippen molar-refractivity contribution in [1.29, 1.82) is 0 Å². The third kappa shape index (κ3) is 8.35. The molecule has 1 saturated heterocycles. The maximum atomic E-state index is 12.1. The molecule has 0 saturated carbocycles. The number of nitrogens with one attached hydrogen (secondary N) is 1. The van der Waals surface area contributed by atoms with Gasteiger partial charge in [-0.1, -0.05) is 39.0 Å². The largest absolute Gasteiger partial charge is 0.381 e. The smallest absolute Gasteiger partial charge is 0.242 e. The highest BCUT2D eigenvalue weighted by molar-refractivity contribution is 5.87. The Kier molecular flexibility index (Phi) is 10.7. The van der Waals surface area contributed by atoms with E-state index >= 15 is 0 Å². The Labute approximate surface area is 141 Å². The molecule has 1 aliphatic heterocycles. The summed E-state index contributed by atoms with van der Waals surface area (Å²) >= 11 is 0. The fourth-order valence-corrected chi connectivity index (χ4v) is 3.01. The maximum absolute atomic E-state index is 12.1. The number of unbranched alkanes of at least 4 members (excludes halogenated alkanes) is 5. The molecule has 0 spiro atoms. The summed E-state index contributed by atoms with van der Waals surface area (Å²) in [6.07, 6.45) is 10.2. The van der Waals surface area contributed by atoms with E-state index in [0.29, 0.717) is 19.7 Å². The van der Waals surface area contributed by atoms with Gasteiger partial charge in [-0.05, 0) is 25.7 Å². The Morgan fingerprint density at radius 2 is 1.78 bits per heavy atom. The van der Waals surface area contributed by atoms with Gasteiger partial charge in [-0.3, -0.25) is 9.59 Å². The van der Waals surface area contributed by atoms with Gasteiger partial charge in [0.2, 0.25) is 11.8 Å². The van der Waals surface area contributed by atoms with Crippen LogP contribution >= 0.6 is 0 Å². The van der Waals surface area contributed by atoms with Crippen LogP contribution in [0.3, 0.4) is 0 Å². The van der Waals surface area contributed by atoms with Gasteiger partial charge >= 0.3 is 0 Å². The van der Waals surface area contributed by atoms with Crippen molar-refractivity contribution in [3.05, 3.63) is 0 Å². The fraction of sp³-hybridized carbons (Fsp3) is 0.889. The van der Waals surface area contributed by atoms with Gasteiger partial charge in [0.15, 0.2) is 0 Å². The summed E-state index contributed by atoms with van der Waals surface area (Å²) in [6, 6.07) is -0.267. The van der Waals surface area contributed by atoms with E-state index in [1.54, 1.807) is 4.90 Å². The summed E-state index contributed by atoms with van der Waals surface area (Å²) in [7, 11) is 0. The van der Waals surface area contributed by atoms with E-state index in [9.17, 15) is 9.59 Å². The Morgan fingerprint density at radius 3 is 2.52 bits per heavy atom. The average molecular weight is 326 g/mol. The molecule has 0 aliphatic carbocycles. The Bertz CT molecular complexity index is 347. The molecule has 1 atom stereocenters. The molecule has 23 heavy (non-hydrogen) atoms. The van der Waals surface area contributed by atoms with Gasteiger partial charge in [-0.2, -0.15) is 0 Å². The molecule has 1 aliphatic rings. The predicted octanol–water partition coefficient (Wildman–Crippen LogP) is 2.88. The van der Waals surface area contributed by atoms with Crippen LogP contribution in [0.2, 0.25) is 0 Å². The second-order valence-electron chi connectivity index (χ2n) is 6.40. The zero-order valence-electron chi connectivity index (χ0n) is 14.9. The van der Waals surface area contributed by atoms with Crippen LogP contribution in [-0.4, -0.2) is 49.1 Å². The fourth-order valence-electron chi connectivity index (χ4n) is 3.01. The van der Waals surface area contributed by atoms with E-state index in [2.05, 4.69) is 12.2 Å². The van der Waals surface area contributed by atoms with Crippen LogP contribution in [0.25, 0.3) is 0 Å². The molecule has 0 bridgehead atoms. The number of carbonyl (C=O) groups excluding carboxylic acids is 2. The second kappa shape index (κ2) is 12.3. The van der Waals surface area contributed by atoms with Gasteiger partial charge in [0.05, 0.1) is 0 Å². The highest BCUT2D eigenvalue weighted by atomic mass is 16.5. The minimum Gasteiger partial charge on any atom is -0.381 e. The zero-order valence-corrected chi connectivity index (χ0v) is 14.9. The van der Waals surface area contributed by atoms with Gasteiger partial charge in [0.25, 0.3) is 0 Å². The van der Waals surface area contributed by atoms with Crippen LogP contribution in [-0.2, 0) is 14.3 Å². The van der Waals surface area contributed by atoms with Crippen molar-refractivity contribution in [3.63, 3.8) is 0 Å². The summed E-state index contributed by atoms with van der Waals surface area (Å²) in [5, 5.41) is 2.92. The van der Waals surface area contributed by atoms with Crippen molar-refractivity contribution in [1.82, 2.24) is 10.2 Å². The molecule has 1 heterocycles. The van der Waals surface area contributed by atoms with Crippen molar-refractivity contribution in [2.45, 2.75) is 77.7 Å². The molecule has 2 amide bonds. The van der Waals surface area contributed by atoms with E-state index < -0.39 is 0 Å². The lowest BCUT2D eigenvalue weighted by Crippen LogP contribution is -2.45. The molecule has 0 aromatic heterocycles. The first-order valence-corrected chi connectivity index (χ1v) is 9.29. The van der Waals surface area contributed by atoms with Gasteiger partial charge in [0, 0.05) is 33.2 Å². The Hall–Kier alpha value is -1.10. The van der Waals surface area contributed by atoms with Crippen LogP contribution in [0.1, 0.15) is 71.6 Å². The van der Waals surface area contributed by atoms with E-state index in [4.69, 9.17) is 4.74 Å². The molecular formula is C18H34N2O3. The van der Waals surface area contributed by atoms with Crippen LogP contribution in [0.4, 0.5) is 0 Å². The maximum Gasteiger partial charge on any atom is 0.242 e. The summed E-state index contributed by atoms with van der Waals surface area (Å²) in [5.74, 6) is -0.0291. The standard InChI is InChI=1S/C18H34N2O3/c1-3-4-5-6-7-8-14-23-15-10-12-19-18(22)17-11-9-13-20(17)16(2)21/h17H,3-15H2,1-2H3,(H,19,22). The summed E-state index contributed by atoms with van der Waals surface area (Å²) < 4.78 is 5.59. The molecule has 1 fully saturated rings. The highest BCUT2D eigenvalue weighted by Gasteiger charge is 2.31. The van der Waals surface area contributed by atoms with Crippen molar-refractivity contribution < 1.29 is 14.3 Å². The van der Waals surface area contributed by atoms with E-state index in [-0.39, 0.29) is 17.9 Å². The van der Waals surface area contributed by atoms with E-state index in [1.165, 1.54) is 39.0 Å². The third-order valence-corrected chi connectivity index (χ3v) is 4.37. The van der Waals surface area contributed by atoms with Crippen molar-refractivity contribution in [2.75, 3.05) is 26.3 Å². The first-order chi connectivity index (χ1) is 11.2. The molecule has 5 nitrogen and oxygen atoms in total. The summed E-state index contributed by atoms with van der Waals surface area (Å²) in [6.45, 7) is 6.59. The normalized spacial score (nSPS) is 17.5. The number of amides is 2. The van der Waals surface area contributed by atoms with Gasteiger partial charge in [-0.15, -0.1) is 0 Å². The van der Waals surface area contributed by atoms with Gasteiger partial charge in [0.1, 0.15) is 6.04 Å². The quantitative estimate of drug-likeness (QED) is 0.561. The number of hydrogen-bond donors (Lipinski definition) is 1. The van der Waals surface area contributed by atoms with Gasteiger partial charge in [-0.25, -0.2) is 0 Å². The first-order valence-electron chi connectivity index (χ1n) is 9.29.